The molecule has 2 fully saturated rings. The van der Waals surface area contributed by atoms with Crippen LogP contribution < -0.4 is 25.8 Å². The fraction of sp³-hybridized carbons (Fsp3) is 0.289. The number of carbonyl (C=O) groups is 3. The van der Waals surface area contributed by atoms with Gasteiger partial charge in [0.2, 0.25) is 17.7 Å². The number of nitrogens with zero attached hydrogens (tertiary/aromatic N) is 6. The molecule has 2 saturated heterocycles. The number of aromatic nitrogens is 2. The van der Waals surface area contributed by atoms with Crippen LogP contribution in [0.15, 0.2) is 97.5 Å². The first-order valence-corrected chi connectivity index (χ1v) is 17.0. The van der Waals surface area contributed by atoms with Crippen molar-refractivity contribution in [2.45, 2.75) is 25.7 Å². The summed E-state index contributed by atoms with van der Waals surface area (Å²) in [7, 11) is 3.81. The average Bonchev–Trinajstić information content (AvgIpc) is 3.73. The highest BCUT2D eigenvalue weighted by atomic mass is 16.3. The van der Waals surface area contributed by atoms with Gasteiger partial charge in [-0.2, -0.15) is 0 Å². The molecule has 0 bridgehead atoms. The van der Waals surface area contributed by atoms with Gasteiger partial charge < -0.3 is 35.8 Å². The molecule has 13 heteroatoms. The molecule has 4 heterocycles. The van der Waals surface area contributed by atoms with Crippen molar-refractivity contribution in [1.82, 2.24) is 25.1 Å². The first-order valence-electron chi connectivity index (χ1n) is 17.0. The lowest BCUT2D eigenvalue weighted by Gasteiger charge is -2.27. The van der Waals surface area contributed by atoms with Gasteiger partial charge in [0, 0.05) is 68.4 Å². The van der Waals surface area contributed by atoms with Crippen LogP contribution in [0.4, 0.5) is 28.6 Å². The van der Waals surface area contributed by atoms with Crippen molar-refractivity contribution in [1.29, 1.82) is 0 Å². The van der Waals surface area contributed by atoms with Crippen LogP contribution in [0.25, 0.3) is 11.1 Å². The Morgan fingerprint density at radius 3 is 2.41 bits per heavy atom. The first kappa shape index (κ1) is 35.2. The van der Waals surface area contributed by atoms with E-state index < -0.39 is 6.35 Å². The molecule has 0 saturated carbocycles. The van der Waals surface area contributed by atoms with Gasteiger partial charge in [-0.05, 0) is 74.1 Å². The molecule has 0 spiro atoms. The van der Waals surface area contributed by atoms with Gasteiger partial charge in [0.1, 0.15) is 5.82 Å². The number of aliphatic hydroxyl groups is 1. The first-order chi connectivity index (χ1) is 24.7. The fourth-order valence-electron chi connectivity index (χ4n) is 6.01. The molecule has 0 aliphatic carbocycles. The minimum absolute atomic E-state index is 0.128. The van der Waals surface area contributed by atoms with Gasteiger partial charge in [0.05, 0.1) is 30.3 Å². The Balaban J connectivity index is 0.984. The number of carbonyl (C=O) groups excluding carboxylic acids is 3. The second-order valence-corrected chi connectivity index (χ2v) is 12.8. The molecule has 1 atom stereocenters. The normalized spacial score (nSPS) is 16.3. The summed E-state index contributed by atoms with van der Waals surface area (Å²) in [4.78, 5) is 52.9. The van der Waals surface area contributed by atoms with E-state index in [-0.39, 0.29) is 24.3 Å². The van der Waals surface area contributed by atoms with Crippen LogP contribution in [-0.2, 0) is 20.9 Å². The third kappa shape index (κ3) is 9.34. The topological polar surface area (TPSA) is 146 Å². The minimum atomic E-state index is -0.843. The van der Waals surface area contributed by atoms with E-state index >= 15 is 0 Å². The van der Waals surface area contributed by atoms with Crippen molar-refractivity contribution in [2.75, 3.05) is 67.3 Å². The van der Waals surface area contributed by atoms with Crippen LogP contribution in [0.3, 0.4) is 0 Å². The molecular weight excluding hydrogens is 646 g/mol. The van der Waals surface area contributed by atoms with Crippen molar-refractivity contribution in [3.63, 3.8) is 0 Å². The summed E-state index contributed by atoms with van der Waals surface area (Å²) >= 11 is 0. The van der Waals surface area contributed by atoms with Crippen molar-refractivity contribution in [2.24, 2.45) is 0 Å². The van der Waals surface area contributed by atoms with E-state index in [9.17, 15) is 19.5 Å². The SMILES string of the molecule is CN(C)C/C=C/C(=O)NCC(=O)Nc1ccc(CN2CCN(c3cncc(Nc4ccc(-c5ccc(N6CCCC6=O)cc5)cn4)c3)C2O)cc1. The van der Waals surface area contributed by atoms with E-state index in [2.05, 4.69) is 25.9 Å². The Morgan fingerprint density at radius 1 is 0.922 bits per heavy atom. The van der Waals surface area contributed by atoms with E-state index in [4.69, 9.17) is 0 Å². The Kier molecular flexibility index (Phi) is 11.3. The van der Waals surface area contributed by atoms with E-state index in [0.717, 1.165) is 46.7 Å². The van der Waals surface area contributed by atoms with Gasteiger partial charge >= 0.3 is 0 Å². The standard InChI is InChI=1S/C38H43N9O4/c1-44(2)17-3-5-35(48)41-25-36(49)43-30-12-7-27(8-13-30)26-45-19-20-47(38(45)51)33-21-31(23-39-24-33)42-34-16-11-29(22-40-34)28-9-14-32(15-10-28)46-18-4-6-37(46)50/h3,5,7-16,21-24,38,51H,4,6,17-20,25-26H2,1-2H3,(H,40,42)(H,41,48)(H,43,49)/b5-3+. The molecular formula is C38H43N9O4. The molecule has 2 aromatic carbocycles. The molecule has 0 radical (unpaired) electrons. The van der Waals surface area contributed by atoms with Crippen LogP contribution >= 0.6 is 0 Å². The zero-order valence-corrected chi connectivity index (χ0v) is 28.8. The second-order valence-electron chi connectivity index (χ2n) is 12.8. The predicted octanol–water partition coefficient (Wildman–Crippen LogP) is 3.78. The molecule has 1 unspecified atom stereocenters. The van der Waals surface area contributed by atoms with Crippen molar-refractivity contribution in [3.8, 4) is 11.1 Å². The van der Waals surface area contributed by atoms with Crippen LogP contribution in [0, 0.1) is 0 Å². The minimum Gasteiger partial charge on any atom is -0.361 e. The van der Waals surface area contributed by atoms with E-state index in [1.807, 2.05) is 94.5 Å². The number of anilines is 5. The molecule has 2 aromatic heterocycles. The number of aliphatic hydroxyl groups excluding tert-OH is 1. The van der Waals surface area contributed by atoms with Gasteiger partial charge in [-0.1, -0.05) is 30.3 Å². The number of amides is 3. The van der Waals surface area contributed by atoms with Crippen molar-refractivity contribution < 1.29 is 19.5 Å². The zero-order valence-electron chi connectivity index (χ0n) is 28.8. The maximum atomic E-state index is 12.3. The Bertz CT molecular complexity index is 1850. The molecule has 2 aliphatic heterocycles. The number of hydrogen-bond acceptors (Lipinski definition) is 10. The molecule has 6 rings (SSSR count). The smallest absolute Gasteiger partial charge is 0.244 e. The third-order valence-corrected chi connectivity index (χ3v) is 8.70. The summed E-state index contributed by atoms with van der Waals surface area (Å²) in [6, 6.07) is 21.2. The number of pyridine rings is 2. The van der Waals surface area contributed by atoms with Gasteiger partial charge in [-0.3, -0.25) is 24.3 Å². The number of hydrogen-bond donors (Lipinski definition) is 4. The average molecular weight is 690 g/mol. The predicted molar refractivity (Wildman–Crippen MR) is 198 cm³/mol. The third-order valence-electron chi connectivity index (χ3n) is 8.70. The highest BCUT2D eigenvalue weighted by Gasteiger charge is 2.30. The Morgan fingerprint density at radius 2 is 1.71 bits per heavy atom. The van der Waals surface area contributed by atoms with Crippen molar-refractivity contribution >= 4 is 46.3 Å². The lowest BCUT2D eigenvalue weighted by molar-refractivity contribution is -0.121. The fourth-order valence-corrected chi connectivity index (χ4v) is 6.01. The molecule has 3 amide bonds. The van der Waals surface area contributed by atoms with Crippen LogP contribution in [0.2, 0.25) is 0 Å². The quantitative estimate of drug-likeness (QED) is 0.153. The lowest BCUT2D eigenvalue weighted by Crippen LogP contribution is -2.38. The van der Waals surface area contributed by atoms with Gasteiger partial charge in [0.25, 0.3) is 0 Å². The summed E-state index contributed by atoms with van der Waals surface area (Å²) in [5.74, 6) is 0.197. The maximum Gasteiger partial charge on any atom is 0.244 e. The summed E-state index contributed by atoms with van der Waals surface area (Å²) in [5.41, 5.74) is 6.04. The summed E-state index contributed by atoms with van der Waals surface area (Å²) in [5, 5.41) is 19.9. The number of rotatable bonds is 13. The molecule has 264 valence electrons. The molecule has 2 aliphatic rings. The summed E-state index contributed by atoms with van der Waals surface area (Å²) in [6.45, 7) is 3.06. The number of likely N-dealkylation sites (N-methyl/N-ethyl adjacent to an activating group) is 1. The number of benzene rings is 2. The summed E-state index contributed by atoms with van der Waals surface area (Å²) in [6.07, 6.45) is 9.07. The Hall–Kier alpha value is -5.63. The Labute approximate surface area is 297 Å². The monoisotopic (exact) mass is 689 g/mol. The summed E-state index contributed by atoms with van der Waals surface area (Å²) < 4.78 is 0. The molecule has 51 heavy (non-hydrogen) atoms. The van der Waals surface area contributed by atoms with Crippen LogP contribution in [0.1, 0.15) is 18.4 Å². The van der Waals surface area contributed by atoms with Gasteiger partial charge in [-0.25, -0.2) is 4.98 Å². The van der Waals surface area contributed by atoms with E-state index in [1.165, 1.54) is 6.08 Å². The molecule has 4 N–H and O–H groups in total. The van der Waals surface area contributed by atoms with Crippen LogP contribution in [0.5, 0.6) is 0 Å². The molecule has 4 aromatic rings. The zero-order chi connectivity index (χ0) is 35.7. The molecule has 13 nitrogen and oxygen atoms in total. The highest BCUT2D eigenvalue weighted by molar-refractivity contribution is 5.97. The van der Waals surface area contributed by atoms with Crippen molar-refractivity contribution in [3.05, 3.63) is 103 Å². The van der Waals surface area contributed by atoms with E-state index in [1.54, 1.807) is 30.6 Å². The van der Waals surface area contributed by atoms with Gasteiger partial charge in [0.15, 0.2) is 6.35 Å². The van der Waals surface area contributed by atoms with Gasteiger partial charge in [-0.15, -0.1) is 0 Å². The largest absolute Gasteiger partial charge is 0.361 e. The lowest BCUT2D eigenvalue weighted by atomic mass is 10.1. The second kappa shape index (κ2) is 16.4. The highest BCUT2D eigenvalue weighted by Crippen LogP contribution is 2.29. The number of nitrogens with one attached hydrogen (secondary N) is 3. The van der Waals surface area contributed by atoms with Crippen LogP contribution in [-0.4, -0.2) is 95.8 Å². The van der Waals surface area contributed by atoms with E-state index in [0.29, 0.717) is 44.1 Å². The maximum absolute atomic E-state index is 12.3.